The topological polar surface area (TPSA) is 88.9 Å². The summed E-state index contributed by atoms with van der Waals surface area (Å²) in [6.45, 7) is 1.22. The smallest absolute Gasteiger partial charge is 0.354 e. The molecule has 0 radical (unpaired) electrons. The Hall–Kier alpha value is -1.76. The fraction of sp³-hybridized carbons (Fsp3) is 0.500. The maximum absolute atomic E-state index is 10.9. The van der Waals surface area contributed by atoms with Crippen LogP contribution in [0.5, 0.6) is 0 Å². The number of carboxylic acid groups (broad SMARTS) is 1. The van der Waals surface area contributed by atoms with Crippen molar-refractivity contribution in [1.29, 1.82) is 0 Å². The molecule has 1 aromatic rings. The van der Waals surface area contributed by atoms with Crippen molar-refractivity contribution >= 4 is 12.0 Å². The van der Waals surface area contributed by atoms with Gasteiger partial charge in [-0.05, 0) is 31.1 Å². The van der Waals surface area contributed by atoms with Gasteiger partial charge in [0.2, 0.25) is 0 Å². The van der Waals surface area contributed by atoms with Crippen LogP contribution < -0.4 is 0 Å². The lowest BCUT2D eigenvalue weighted by Crippen LogP contribution is -2.42. The van der Waals surface area contributed by atoms with Crippen LogP contribution in [0, 0.1) is 0 Å². The van der Waals surface area contributed by atoms with Crippen LogP contribution in [0.3, 0.4) is 0 Å². The van der Waals surface area contributed by atoms with Crippen molar-refractivity contribution < 1.29 is 24.5 Å². The van der Waals surface area contributed by atoms with Crippen molar-refractivity contribution in [3.63, 3.8) is 0 Å². The van der Waals surface area contributed by atoms with E-state index in [2.05, 4.69) is 4.98 Å². The first-order valence-corrected chi connectivity index (χ1v) is 7.40. The number of rotatable bonds is 3. The lowest BCUT2D eigenvalue weighted by atomic mass is 9.81. The van der Waals surface area contributed by atoms with Gasteiger partial charge in [0.05, 0.1) is 24.5 Å². The number of carbonyl (C=O) groups is 1. The number of hydrogen-bond acceptors (Lipinski definition) is 5. The van der Waals surface area contributed by atoms with Crippen LogP contribution in [-0.2, 0) is 9.47 Å². The Balaban J connectivity index is 1.67. The molecule has 1 aromatic heterocycles. The third-order valence-corrected chi connectivity index (χ3v) is 4.25. The minimum absolute atomic E-state index is 0.00973. The zero-order chi connectivity index (χ0) is 15.6. The summed E-state index contributed by atoms with van der Waals surface area (Å²) in [7, 11) is 0. The number of ether oxygens (including phenoxy) is 2. The number of pyridine rings is 1. The van der Waals surface area contributed by atoms with E-state index < -0.39 is 17.4 Å². The molecule has 22 heavy (non-hydrogen) atoms. The Bertz CT molecular complexity index is 582. The average molecular weight is 305 g/mol. The van der Waals surface area contributed by atoms with Crippen molar-refractivity contribution in [1.82, 2.24) is 4.98 Å². The highest BCUT2D eigenvalue weighted by atomic mass is 16.7. The molecule has 6 heteroatoms. The monoisotopic (exact) mass is 305 g/mol. The molecule has 2 fully saturated rings. The lowest BCUT2D eigenvalue weighted by molar-refractivity contribution is -0.196. The van der Waals surface area contributed by atoms with Gasteiger partial charge in [-0.3, -0.25) is 0 Å². The molecule has 2 heterocycles. The van der Waals surface area contributed by atoms with Crippen LogP contribution >= 0.6 is 0 Å². The van der Waals surface area contributed by atoms with E-state index >= 15 is 0 Å². The largest absolute Gasteiger partial charge is 0.477 e. The molecule has 6 nitrogen and oxygen atoms in total. The maximum atomic E-state index is 10.9. The average Bonchev–Trinajstić information content (AvgIpc) is 2.98. The highest BCUT2D eigenvalue weighted by Gasteiger charge is 2.44. The molecular weight excluding hydrogens is 286 g/mol. The molecule has 0 bridgehead atoms. The molecular formula is C16H19NO5. The van der Waals surface area contributed by atoms with Crippen LogP contribution in [-0.4, -0.2) is 45.8 Å². The molecule has 3 rings (SSSR count). The fourth-order valence-corrected chi connectivity index (χ4v) is 2.92. The van der Waals surface area contributed by atoms with E-state index in [1.807, 2.05) is 0 Å². The first kappa shape index (κ1) is 15.1. The van der Waals surface area contributed by atoms with Crippen molar-refractivity contribution in [2.24, 2.45) is 0 Å². The molecule has 118 valence electrons. The summed E-state index contributed by atoms with van der Waals surface area (Å²) in [6.07, 6.45) is 5.75. The number of aromatic nitrogens is 1. The van der Waals surface area contributed by atoms with Crippen molar-refractivity contribution in [2.45, 2.75) is 37.1 Å². The van der Waals surface area contributed by atoms with Gasteiger partial charge in [-0.15, -0.1) is 0 Å². The summed E-state index contributed by atoms with van der Waals surface area (Å²) in [5, 5.41) is 19.5. The first-order valence-electron chi connectivity index (χ1n) is 7.40. The quantitative estimate of drug-likeness (QED) is 0.886. The molecule has 1 aliphatic carbocycles. The van der Waals surface area contributed by atoms with Gasteiger partial charge >= 0.3 is 5.97 Å². The molecule has 0 atom stereocenters. The molecule has 1 saturated carbocycles. The van der Waals surface area contributed by atoms with E-state index in [0.717, 1.165) is 0 Å². The highest BCUT2D eigenvalue weighted by molar-refractivity contribution is 5.85. The third-order valence-electron chi connectivity index (χ3n) is 4.25. The Labute approximate surface area is 128 Å². The van der Waals surface area contributed by atoms with Gasteiger partial charge in [-0.2, -0.15) is 0 Å². The van der Waals surface area contributed by atoms with Gasteiger partial charge in [-0.25, -0.2) is 9.78 Å². The number of nitrogens with zero attached hydrogens (tertiary/aromatic N) is 1. The molecule has 0 aromatic carbocycles. The number of carboxylic acids is 1. The highest BCUT2D eigenvalue weighted by Crippen LogP contribution is 2.40. The molecule has 1 spiro atoms. The predicted molar refractivity (Wildman–Crippen MR) is 78.3 cm³/mol. The van der Waals surface area contributed by atoms with Crippen LogP contribution in [0.2, 0.25) is 0 Å². The standard InChI is InChI=1S/C16H19NO5/c18-14(19)13-3-1-2-12(17-13)4-5-15(20)6-8-16(9-7-15)21-10-11-22-16/h1-5,20H,6-11H2,(H,18,19)/b5-4+. The first-order chi connectivity index (χ1) is 10.5. The van der Waals surface area contributed by atoms with Gasteiger partial charge in [0, 0.05) is 12.8 Å². The van der Waals surface area contributed by atoms with Crippen molar-refractivity contribution in [3.8, 4) is 0 Å². The Kier molecular flexibility index (Phi) is 3.99. The molecule has 0 unspecified atom stereocenters. The molecule has 2 aliphatic rings. The minimum atomic E-state index is -1.07. The van der Waals surface area contributed by atoms with Gasteiger partial charge < -0.3 is 19.7 Å². The molecule has 1 aliphatic heterocycles. The van der Waals surface area contributed by atoms with Crippen LogP contribution in [0.25, 0.3) is 6.08 Å². The Morgan fingerprint density at radius 3 is 2.50 bits per heavy atom. The number of aromatic carboxylic acids is 1. The van der Waals surface area contributed by atoms with Gasteiger partial charge in [0.25, 0.3) is 0 Å². The summed E-state index contributed by atoms with van der Waals surface area (Å²) >= 11 is 0. The van der Waals surface area contributed by atoms with Gasteiger partial charge in [0.15, 0.2) is 5.79 Å². The summed E-state index contributed by atoms with van der Waals surface area (Å²) in [4.78, 5) is 14.9. The summed E-state index contributed by atoms with van der Waals surface area (Å²) in [6, 6.07) is 4.78. The third kappa shape index (κ3) is 3.19. The Morgan fingerprint density at radius 1 is 1.18 bits per heavy atom. The normalized spacial score (nSPS) is 23.1. The second-order valence-corrected chi connectivity index (χ2v) is 5.80. The second-order valence-electron chi connectivity index (χ2n) is 5.80. The van der Waals surface area contributed by atoms with Crippen LogP contribution in [0.4, 0.5) is 0 Å². The van der Waals surface area contributed by atoms with E-state index in [0.29, 0.717) is 44.6 Å². The fourth-order valence-electron chi connectivity index (χ4n) is 2.92. The maximum Gasteiger partial charge on any atom is 0.354 e. The number of aliphatic hydroxyl groups is 1. The summed E-state index contributed by atoms with van der Waals surface area (Å²) in [5.74, 6) is -1.58. The summed E-state index contributed by atoms with van der Waals surface area (Å²) in [5.41, 5.74) is -0.423. The van der Waals surface area contributed by atoms with E-state index in [1.165, 1.54) is 6.07 Å². The van der Waals surface area contributed by atoms with Crippen LogP contribution in [0.1, 0.15) is 41.9 Å². The number of hydrogen-bond donors (Lipinski definition) is 2. The SMILES string of the molecule is O=C(O)c1cccc(/C=C/C2(O)CCC3(CC2)OCCO3)n1. The van der Waals surface area contributed by atoms with Gasteiger partial charge in [0.1, 0.15) is 5.69 Å². The zero-order valence-electron chi connectivity index (χ0n) is 12.2. The van der Waals surface area contributed by atoms with Crippen LogP contribution in [0.15, 0.2) is 24.3 Å². The molecule has 0 amide bonds. The predicted octanol–water partition coefficient (Wildman–Crippen LogP) is 1.84. The lowest BCUT2D eigenvalue weighted by Gasteiger charge is -2.39. The van der Waals surface area contributed by atoms with Gasteiger partial charge in [-0.1, -0.05) is 12.1 Å². The van der Waals surface area contributed by atoms with Crippen molar-refractivity contribution in [3.05, 3.63) is 35.7 Å². The van der Waals surface area contributed by atoms with E-state index in [1.54, 1.807) is 24.3 Å². The second kappa shape index (κ2) is 5.79. The van der Waals surface area contributed by atoms with E-state index in [9.17, 15) is 9.90 Å². The zero-order valence-corrected chi connectivity index (χ0v) is 12.2. The van der Waals surface area contributed by atoms with E-state index in [-0.39, 0.29) is 5.69 Å². The molecule has 2 N–H and O–H groups in total. The summed E-state index contributed by atoms with van der Waals surface area (Å²) < 4.78 is 11.3. The van der Waals surface area contributed by atoms with E-state index in [4.69, 9.17) is 14.6 Å². The Morgan fingerprint density at radius 2 is 1.86 bits per heavy atom. The van der Waals surface area contributed by atoms with Crippen molar-refractivity contribution in [2.75, 3.05) is 13.2 Å². The molecule has 1 saturated heterocycles. The minimum Gasteiger partial charge on any atom is -0.477 e.